The molecule has 6 nitrogen and oxygen atoms in total. The molecule has 1 fully saturated rings. The van der Waals surface area contributed by atoms with Crippen molar-refractivity contribution in [2.75, 3.05) is 7.11 Å². The van der Waals surface area contributed by atoms with E-state index < -0.39 is 27.0 Å². The van der Waals surface area contributed by atoms with Crippen LogP contribution in [0, 0.1) is 5.82 Å². The molecule has 134 valence electrons. The van der Waals surface area contributed by atoms with Crippen LogP contribution in [-0.2, 0) is 21.4 Å². The van der Waals surface area contributed by atoms with E-state index in [1.54, 1.807) is 0 Å². The molecule has 1 amide bonds. The molecule has 1 aromatic carbocycles. The standard InChI is InChI=1S/C15H20ClFN2O4S/c1-23-9-10-7-12(14(17)13(16)8-10)15(20)18-19-24(21,22)11-5-3-2-4-6-11/h7-8,11,19H,2-6,9H2,1H3,(H,18,20). The number of carbonyl (C=O) groups is 1. The summed E-state index contributed by atoms with van der Waals surface area (Å²) in [5, 5.41) is -0.773. The zero-order valence-corrected chi connectivity index (χ0v) is 14.8. The van der Waals surface area contributed by atoms with Crippen LogP contribution in [0.5, 0.6) is 0 Å². The lowest BCUT2D eigenvalue weighted by molar-refractivity contribution is 0.0940. The average Bonchev–Trinajstić information content (AvgIpc) is 2.57. The minimum atomic E-state index is -3.69. The molecular weight excluding hydrogens is 359 g/mol. The Morgan fingerprint density at radius 3 is 2.62 bits per heavy atom. The normalized spacial score (nSPS) is 16.1. The summed E-state index contributed by atoms with van der Waals surface area (Å²) in [7, 11) is -2.24. The van der Waals surface area contributed by atoms with Crippen molar-refractivity contribution in [3.63, 3.8) is 0 Å². The van der Waals surface area contributed by atoms with Crippen LogP contribution in [0.4, 0.5) is 4.39 Å². The fraction of sp³-hybridized carbons (Fsp3) is 0.533. The molecule has 0 saturated heterocycles. The number of carbonyl (C=O) groups excluding carboxylic acids is 1. The molecule has 0 atom stereocenters. The van der Waals surface area contributed by atoms with E-state index in [0.717, 1.165) is 19.3 Å². The number of halogens is 2. The lowest BCUT2D eigenvalue weighted by Gasteiger charge is -2.22. The lowest BCUT2D eigenvalue weighted by Crippen LogP contribution is -2.46. The minimum Gasteiger partial charge on any atom is -0.380 e. The summed E-state index contributed by atoms with van der Waals surface area (Å²) in [6.07, 6.45) is 3.78. The van der Waals surface area contributed by atoms with E-state index in [1.807, 2.05) is 0 Å². The highest BCUT2D eigenvalue weighted by Crippen LogP contribution is 2.23. The monoisotopic (exact) mass is 378 g/mol. The molecule has 9 heteroatoms. The first-order valence-electron chi connectivity index (χ1n) is 7.63. The van der Waals surface area contributed by atoms with Crippen molar-refractivity contribution in [1.82, 2.24) is 10.3 Å². The van der Waals surface area contributed by atoms with Crippen molar-refractivity contribution in [3.8, 4) is 0 Å². The number of nitrogens with one attached hydrogen (secondary N) is 2. The molecular formula is C15H20ClFN2O4S. The van der Waals surface area contributed by atoms with Crippen molar-refractivity contribution < 1.29 is 22.3 Å². The van der Waals surface area contributed by atoms with Crippen molar-refractivity contribution in [2.45, 2.75) is 44.0 Å². The van der Waals surface area contributed by atoms with E-state index in [2.05, 4.69) is 10.3 Å². The molecule has 1 aromatic rings. The number of ether oxygens (including phenoxy) is 1. The third-order valence-corrected chi connectivity index (χ3v) is 5.95. The van der Waals surface area contributed by atoms with Crippen molar-refractivity contribution in [3.05, 3.63) is 34.1 Å². The second-order valence-electron chi connectivity index (χ2n) is 5.73. The van der Waals surface area contributed by atoms with Gasteiger partial charge < -0.3 is 4.74 Å². The van der Waals surface area contributed by atoms with Gasteiger partial charge in [0.25, 0.3) is 5.91 Å². The highest BCUT2D eigenvalue weighted by Gasteiger charge is 2.28. The zero-order chi connectivity index (χ0) is 17.7. The second kappa shape index (κ2) is 8.24. The van der Waals surface area contributed by atoms with E-state index in [0.29, 0.717) is 18.4 Å². The Morgan fingerprint density at radius 2 is 2.00 bits per heavy atom. The van der Waals surface area contributed by atoms with Crippen LogP contribution in [0.25, 0.3) is 0 Å². The number of sulfonamides is 1. The molecule has 0 spiro atoms. The molecule has 0 unspecified atom stereocenters. The van der Waals surface area contributed by atoms with Gasteiger partial charge in [-0.2, -0.15) is 0 Å². The first-order chi connectivity index (χ1) is 11.3. The van der Waals surface area contributed by atoms with Gasteiger partial charge in [0.1, 0.15) is 0 Å². The van der Waals surface area contributed by atoms with E-state index in [-0.39, 0.29) is 17.2 Å². The zero-order valence-electron chi connectivity index (χ0n) is 13.3. The second-order valence-corrected chi connectivity index (χ2v) is 8.10. The molecule has 1 aliphatic carbocycles. The minimum absolute atomic E-state index is 0.147. The smallest absolute Gasteiger partial charge is 0.269 e. The predicted octanol–water partition coefficient (Wildman–Crippen LogP) is 2.52. The fourth-order valence-corrected chi connectivity index (χ4v) is 4.30. The molecule has 2 N–H and O–H groups in total. The summed E-state index contributed by atoms with van der Waals surface area (Å²) in [5.41, 5.74) is 2.22. The molecule has 2 rings (SSSR count). The summed E-state index contributed by atoms with van der Waals surface area (Å²) in [6.45, 7) is 0.147. The summed E-state index contributed by atoms with van der Waals surface area (Å²) in [5.74, 6) is -1.82. The Morgan fingerprint density at radius 1 is 1.33 bits per heavy atom. The number of hydrogen-bond acceptors (Lipinski definition) is 4. The summed E-state index contributed by atoms with van der Waals surface area (Å²) in [4.78, 5) is 14.2. The van der Waals surface area contributed by atoms with Crippen molar-refractivity contribution in [2.24, 2.45) is 0 Å². The van der Waals surface area contributed by atoms with Gasteiger partial charge in [0.05, 0.1) is 22.4 Å². The topological polar surface area (TPSA) is 84.5 Å². The maximum absolute atomic E-state index is 14.0. The van der Waals surface area contributed by atoms with Crippen LogP contribution >= 0.6 is 11.6 Å². The molecule has 1 saturated carbocycles. The lowest BCUT2D eigenvalue weighted by atomic mass is 10.0. The summed E-state index contributed by atoms with van der Waals surface area (Å²) >= 11 is 5.76. The third kappa shape index (κ3) is 4.66. The molecule has 24 heavy (non-hydrogen) atoms. The van der Waals surface area contributed by atoms with Gasteiger partial charge in [-0.25, -0.2) is 12.8 Å². The van der Waals surface area contributed by atoms with E-state index >= 15 is 0 Å². The Balaban J connectivity index is 2.09. The number of methoxy groups -OCH3 is 1. The Labute approximate surface area is 145 Å². The molecule has 1 aliphatic rings. The van der Waals surface area contributed by atoms with E-state index in [1.165, 1.54) is 19.2 Å². The van der Waals surface area contributed by atoms with Crippen molar-refractivity contribution >= 4 is 27.5 Å². The van der Waals surface area contributed by atoms with Gasteiger partial charge in [0.2, 0.25) is 10.0 Å². The van der Waals surface area contributed by atoms with Crippen LogP contribution in [-0.4, -0.2) is 26.7 Å². The van der Waals surface area contributed by atoms with Crippen LogP contribution in [0.1, 0.15) is 48.0 Å². The average molecular weight is 379 g/mol. The number of hydrogen-bond donors (Lipinski definition) is 2. The van der Waals surface area contributed by atoms with E-state index in [9.17, 15) is 17.6 Å². The third-order valence-electron chi connectivity index (χ3n) is 3.94. The first kappa shape index (κ1) is 19.1. The Kier molecular flexibility index (Phi) is 6.56. The van der Waals surface area contributed by atoms with Crippen LogP contribution in [0.15, 0.2) is 12.1 Å². The predicted molar refractivity (Wildman–Crippen MR) is 88.5 cm³/mol. The van der Waals surface area contributed by atoms with Crippen LogP contribution in [0.3, 0.4) is 0 Å². The number of benzene rings is 1. The maximum Gasteiger partial charge on any atom is 0.269 e. The molecule has 0 heterocycles. The fourth-order valence-electron chi connectivity index (χ4n) is 2.70. The highest BCUT2D eigenvalue weighted by molar-refractivity contribution is 7.90. The molecule has 0 radical (unpaired) electrons. The highest BCUT2D eigenvalue weighted by atomic mass is 35.5. The van der Waals surface area contributed by atoms with Gasteiger partial charge in [-0.15, -0.1) is 4.83 Å². The SMILES string of the molecule is COCc1cc(Cl)c(F)c(C(=O)NNS(=O)(=O)C2CCCCC2)c1. The number of rotatable bonds is 6. The molecule has 0 aliphatic heterocycles. The van der Waals surface area contributed by atoms with Gasteiger partial charge in [-0.05, 0) is 30.5 Å². The molecule has 0 aromatic heterocycles. The Hall–Kier alpha value is -1.22. The van der Waals surface area contributed by atoms with Gasteiger partial charge >= 0.3 is 0 Å². The first-order valence-corrected chi connectivity index (χ1v) is 9.55. The van der Waals surface area contributed by atoms with Gasteiger partial charge in [-0.1, -0.05) is 30.9 Å². The largest absolute Gasteiger partial charge is 0.380 e. The van der Waals surface area contributed by atoms with Gasteiger partial charge in [0, 0.05) is 7.11 Å². The van der Waals surface area contributed by atoms with Gasteiger partial charge in [0.15, 0.2) is 5.82 Å². The van der Waals surface area contributed by atoms with Crippen molar-refractivity contribution in [1.29, 1.82) is 0 Å². The number of amides is 1. The summed E-state index contributed by atoms with van der Waals surface area (Å²) in [6, 6.07) is 2.62. The Bertz CT molecular complexity index is 706. The maximum atomic E-state index is 14.0. The quantitative estimate of drug-likeness (QED) is 0.745. The summed E-state index contributed by atoms with van der Waals surface area (Å²) < 4.78 is 43.3. The van der Waals surface area contributed by atoms with Gasteiger partial charge in [-0.3, -0.25) is 10.2 Å². The molecule has 0 bridgehead atoms. The van der Waals surface area contributed by atoms with Crippen LogP contribution in [0.2, 0.25) is 5.02 Å². The number of hydrazine groups is 1. The van der Waals surface area contributed by atoms with E-state index in [4.69, 9.17) is 16.3 Å². The van der Waals surface area contributed by atoms with Crippen LogP contribution < -0.4 is 10.3 Å².